The molecule has 0 saturated heterocycles. The molecule has 1 saturated carbocycles. The molecule has 1 aromatic heterocycles. The quantitative estimate of drug-likeness (QED) is 0.544. The topological polar surface area (TPSA) is 55.1 Å². The van der Waals surface area contributed by atoms with Crippen LogP contribution in [0.2, 0.25) is 0 Å². The highest BCUT2D eigenvalue weighted by Gasteiger charge is 2.36. The predicted octanol–water partition coefficient (Wildman–Crippen LogP) is 3.01. The zero-order valence-corrected chi connectivity index (χ0v) is 13.0. The van der Waals surface area contributed by atoms with E-state index in [2.05, 4.69) is 22.8 Å². The lowest BCUT2D eigenvalue weighted by atomic mass is 9.94. The molecule has 0 aromatic carbocycles. The van der Waals surface area contributed by atoms with E-state index in [0.29, 0.717) is 6.04 Å². The minimum Gasteiger partial charge on any atom is -0.368 e. The summed E-state index contributed by atoms with van der Waals surface area (Å²) in [5.74, 6) is 0.893. The fourth-order valence-corrected chi connectivity index (χ4v) is 3.91. The molecule has 1 amide bonds. The third-order valence-electron chi connectivity index (χ3n) is 3.45. The maximum absolute atomic E-state index is 11.6. The zero-order chi connectivity index (χ0) is 13.7. The van der Waals surface area contributed by atoms with E-state index in [4.69, 9.17) is 5.73 Å². The molecule has 0 bridgehead atoms. The molecule has 106 valence electrons. The highest BCUT2D eigenvalue weighted by molar-refractivity contribution is 8.01. The number of thiophene rings is 1. The van der Waals surface area contributed by atoms with Gasteiger partial charge in [-0.15, -0.1) is 23.1 Å². The minimum absolute atomic E-state index is 0.217. The van der Waals surface area contributed by atoms with E-state index in [9.17, 15) is 4.79 Å². The van der Waals surface area contributed by atoms with Crippen LogP contribution in [0.5, 0.6) is 0 Å². The van der Waals surface area contributed by atoms with Crippen LogP contribution in [0, 0.1) is 0 Å². The van der Waals surface area contributed by atoms with Gasteiger partial charge in [0.05, 0.1) is 9.75 Å². The van der Waals surface area contributed by atoms with E-state index in [1.165, 1.54) is 17.1 Å². The Morgan fingerprint density at radius 1 is 1.58 bits per heavy atom. The summed E-state index contributed by atoms with van der Waals surface area (Å²) in [7, 11) is 0. The number of nitrogens with one attached hydrogen (secondary N) is 1. The summed E-state index contributed by atoms with van der Waals surface area (Å²) in [6.45, 7) is 1.94. The van der Waals surface area contributed by atoms with E-state index in [1.807, 2.05) is 18.7 Å². The van der Waals surface area contributed by atoms with Gasteiger partial charge in [0.25, 0.3) is 0 Å². The molecule has 2 rings (SSSR count). The Bertz CT molecular complexity index is 404. The number of hydrogen-bond donors (Lipinski definition) is 2. The summed E-state index contributed by atoms with van der Waals surface area (Å²) in [6, 6.07) is 4.74. The van der Waals surface area contributed by atoms with E-state index in [-0.39, 0.29) is 5.91 Å². The van der Waals surface area contributed by atoms with Gasteiger partial charge in [-0.25, -0.2) is 0 Å². The highest BCUT2D eigenvalue weighted by Crippen LogP contribution is 2.27. The molecule has 0 spiro atoms. The standard InChI is InChI=1S/C14H22N2OS2/c1-14(13(15)17,16-11-6-7-11)8-2-3-9-18-12-5-4-10-19-12/h4-5,10-11,16H,2-3,6-9H2,1H3,(H2,15,17). The van der Waals surface area contributed by atoms with Crippen LogP contribution < -0.4 is 11.1 Å². The van der Waals surface area contributed by atoms with Crippen molar-refractivity contribution in [2.75, 3.05) is 5.75 Å². The maximum Gasteiger partial charge on any atom is 0.237 e. The Morgan fingerprint density at radius 3 is 2.95 bits per heavy atom. The summed E-state index contributed by atoms with van der Waals surface area (Å²) < 4.78 is 1.37. The first-order valence-electron chi connectivity index (χ1n) is 6.84. The number of carbonyl (C=O) groups excluding carboxylic acids is 1. The van der Waals surface area contributed by atoms with Gasteiger partial charge in [-0.1, -0.05) is 12.5 Å². The van der Waals surface area contributed by atoms with Crippen LogP contribution in [-0.4, -0.2) is 23.2 Å². The molecular weight excluding hydrogens is 276 g/mol. The number of unbranched alkanes of at least 4 members (excludes halogenated alkanes) is 1. The molecule has 19 heavy (non-hydrogen) atoms. The van der Waals surface area contributed by atoms with Crippen molar-refractivity contribution in [1.29, 1.82) is 0 Å². The van der Waals surface area contributed by atoms with Crippen molar-refractivity contribution in [2.45, 2.75) is 54.8 Å². The maximum atomic E-state index is 11.6. The molecule has 0 aliphatic heterocycles. The molecule has 1 aliphatic carbocycles. The van der Waals surface area contributed by atoms with Gasteiger partial charge in [-0.05, 0) is 49.8 Å². The molecule has 1 heterocycles. The van der Waals surface area contributed by atoms with Crippen molar-refractivity contribution in [3.63, 3.8) is 0 Å². The number of primary amides is 1. The van der Waals surface area contributed by atoms with Crippen LogP contribution >= 0.6 is 23.1 Å². The lowest BCUT2D eigenvalue weighted by Crippen LogP contribution is -2.53. The second kappa shape index (κ2) is 6.77. The Hall–Kier alpha value is -0.520. The van der Waals surface area contributed by atoms with E-state index in [1.54, 1.807) is 11.3 Å². The number of hydrogen-bond acceptors (Lipinski definition) is 4. The van der Waals surface area contributed by atoms with Crippen LogP contribution in [0.4, 0.5) is 0 Å². The van der Waals surface area contributed by atoms with Gasteiger partial charge in [0, 0.05) is 6.04 Å². The fourth-order valence-electron chi connectivity index (χ4n) is 2.04. The number of nitrogens with two attached hydrogens (primary N) is 1. The van der Waals surface area contributed by atoms with Crippen LogP contribution in [0.1, 0.15) is 39.0 Å². The Balaban J connectivity index is 1.65. The molecule has 5 heteroatoms. The van der Waals surface area contributed by atoms with Gasteiger partial charge in [0.2, 0.25) is 5.91 Å². The van der Waals surface area contributed by atoms with Crippen LogP contribution in [-0.2, 0) is 4.79 Å². The Kier molecular flexibility index (Phi) is 5.30. The van der Waals surface area contributed by atoms with E-state index >= 15 is 0 Å². The van der Waals surface area contributed by atoms with Gasteiger partial charge in [-0.2, -0.15) is 0 Å². The largest absolute Gasteiger partial charge is 0.368 e. The zero-order valence-electron chi connectivity index (χ0n) is 11.4. The summed E-state index contributed by atoms with van der Waals surface area (Å²) in [5.41, 5.74) is 5.01. The second-order valence-corrected chi connectivity index (χ2v) is 7.70. The molecule has 1 aromatic rings. The van der Waals surface area contributed by atoms with Crippen LogP contribution in [0.25, 0.3) is 0 Å². The highest BCUT2D eigenvalue weighted by atomic mass is 32.2. The number of thioether (sulfide) groups is 1. The smallest absolute Gasteiger partial charge is 0.237 e. The Morgan fingerprint density at radius 2 is 2.37 bits per heavy atom. The first kappa shape index (κ1) is 14.9. The first-order chi connectivity index (χ1) is 9.10. The van der Waals surface area contributed by atoms with Gasteiger partial charge in [0.1, 0.15) is 0 Å². The van der Waals surface area contributed by atoms with Crippen molar-refractivity contribution in [1.82, 2.24) is 5.32 Å². The van der Waals surface area contributed by atoms with Crippen molar-refractivity contribution in [3.05, 3.63) is 17.5 Å². The van der Waals surface area contributed by atoms with Gasteiger partial charge >= 0.3 is 0 Å². The van der Waals surface area contributed by atoms with Crippen LogP contribution in [0.15, 0.2) is 21.7 Å². The molecule has 3 nitrogen and oxygen atoms in total. The van der Waals surface area contributed by atoms with Crippen LogP contribution in [0.3, 0.4) is 0 Å². The van der Waals surface area contributed by atoms with E-state index < -0.39 is 5.54 Å². The normalized spacial score (nSPS) is 18.2. The lowest BCUT2D eigenvalue weighted by Gasteiger charge is -2.27. The number of rotatable bonds is 9. The summed E-state index contributed by atoms with van der Waals surface area (Å²) in [6.07, 6.45) is 5.35. The minimum atomic E-state index is -0.519. The monoisotopic (exact) mass is 298 g/mol. The third kappa shape index (κ3) is 4.82. The molecule has 1 aliphatic rings. The molecule has 1 unspecified atom stereocenters. The fraction of sp³-hybridized carbons (Fsp3) is 0.643. The summed E-state index contributed by atoms with van der Waals surface area (Å²) in [4.78, 5) is 11.6. The molecule has 1 fully saturated rings. The van der Waals surface area contributed by atoms with Crippen molar-refractivity contribution in [2.24, 2.45) is 5.73 Å². The number of carbonyl (C=O) groups is 1. The third-order valence-corrected chi connectivity index (χ3v) is 5.67. The average Bonchev–Trinajstić information content (AvgIpc) is 3.02. The van der Waals surface area contributed by atoms with Crippen molar-refractivity contribution < 1.29 is 4.79 Å². The van der Waals surface area contributed by atoms with E-state index in [0.717, 1.165) is 25.0 Å². The number of amides is 1. The van der Waals surface area contributed by atoms with Gasteiger partial charge in [0.15, 0.2) is 0 Å². The molecule has 1 atom stereocenters. The average molecular weight is 298 g/mol. The van der Waals surface area contributed by atoms with Gasteiger partial charge in [-0.3, -0.25) is 4.79 Å². The second-order valence-electron chi connectivity index (χ2n) is 5.35. The molecular formula is C14H22N2OS2. The molecule has 3 N–H and O–H groups in total. The van der Waals surface area contributed by atoms with Gasteiger partial charge < -0.3 is 11.1 Å². The van der Waals surface area contributed by atoms with Crippen molar-refractivity contribution in [3.8, 4) is 0 Å². The SMILES string of the molecule is CC(CCCCSc1cccs1)(NC1CC1)C(N)=O. The molecule has 0 radical (unpaired) electrons. The summed E-state index contributed by atoms with van der Waals surface area (Å²) >= 11 is 3.68. The Labute approximate surface area is 123 Å². The van der Waals surface area contributed by atoms with Crippen molar-refractivity contribution >= 4 is 29.0 Å². The summed E-state index contributed by atoms with van der Waals surface area (Å²) in [5, 5.41) is 5.50. The first-order valence-corrected chi connectivity index (χ1v) is 8.70. The predicted molar refractivity (Wildman–Crippen MR) is 82.7 cm³/mol. The lowest BCUT2D eigenvalue weighted by molar-refractivity contribution is -0.124.